The summed E-state index contributed by atoms with van der Waals surface area (Å²) in [4.78, 5) is 0. The first-order chi connectivity index (χ1) is 6.56. The van der Waals surface area contributed by atoms with Gasteiger partial charge >= 0.3 is 7.12 Å². The van der Waals surface area contributed by atoms with Gasteiger partial charge in [-0.2, -0.15) is 0 Å². The Labute approximate surface area is 87.8 Å². The third-order valence-corrected chi connectivity index (χ3v) is 2.61. The predicted molar refractivity (Wildman–Crippen MR) is 60.2 cm³/mol. The van der Waals surface area contributed by atoms with E-state index in [9.17, 15) is 0 Å². The summed E-state index contributed by atoms with van der Waals surface area (Å²) >= 11 is 0. The molecule has 3 heteroatoms. The van der Waals surface area contributed by atoms with Gasteiger partial charge in [-0.05, 0) is 11.8 Å². The number of hydrogen-bond donors (Lipinski definition) is 0. The molecule has 1 aliphatic rings. The molecule has 1 saturated heterocycles. The molecule has 0 saturated carbocycles. The van der Waals surface area contributed by atoms with Gasteiger partial charge in [0.05, 0.1) is 12.2 Å². The van der Waals surface area contributed by atoms with Crippen LogP contribution in [0.3, 0.4) is 0 Å². The predicted octanol–water partition coefficient (Wildman–Crippen LogP) is 2.76. The lowest BCUT2D eigenvalue weighted by atomic mass is 9.85. The fourth-order valence-corrected chi connectivity index (χ4v) is 1.86. The van der Waals surface area contributed by atoms with Gasteiger partial charge in [0.15, 0.2) is 0 Å². The van der Waals surface area contributed by atoms with Crippen molar-refractivity contribution in [3.05, 3.63) is 12.7 Å². The van der Waals surface area contributed by atoms with Crippen LogP contribution in [-0.4, -0.2) is 19.3 Å². The molecule has 2 atom stereocenters. The smallest absolute Gasteiger partial charge is 0.405 e. The van der Waals surface area contributed by atoms with Gasteiger partial charge in [0.2, 0.25) is 0 Å². The Kier molecular flexibility index (Phi) is 4.20. The van der Waals surface area contributed by atoms with E-state index in [0.717, 1.165) is 6.32 Å². The third kappa shape index (κ3) is 2.61. The molecule has 0 spiro atoms. The van der Waals surface area contributed by atoms with Gasteiger partial charge in [-0.15, -0.1) is 6.58 Å². The Morgan fingerprint density at radius 3 is 1.86 bits per heavy atom. The summed E-state index contributed by atoms with van der Waals surface area (Å²) in [6, 6.07) is 0. The Bertz CT molecular complexity index is 176. The van der Waals surface area contributed by atoms with Crippen molar-refractivity contribution in [1.29, 1.82) is 0 Å². The first-order valence-electron chi connectivity index (χ1n) is 5.48. The van der Waals surface area contributed by atoms with E-state index in [1.807, 2.05) is 6.08 Å². The molecule has 0 aromatic carbocycles. The van der Waals surface area contributed by atoms with Gasteiger partial charge in [-0.3, -0.25) is 0 Å². The molecule has 0 N–H and O–H groups in total. The molecule has 0 bridgehead atoms. The van der Waals surface area contributed by atoms with Crippen LogP contribution in [0.5, 0.6) is 0 Å². The standard InChI is InChI=1S/C11H21BO2/c1-6-7-12-13-10(8(2)3)11(14-12)9(4)5/h6,8-11H,1,7H2,2-5H3/t10-,11-/m1/s1. The Morgan fingerprint density at radius 1 is 1.14 bits per heavy atom. The van der Waals surface area contributed by atoms with E-state index in [1.54, 1.807) is 0 Å². The van der Waals surface area contributed by atoms with Crippen molar-refractivity contribution in [2.24, 2.45) is 11.8 Å². The van der Waals surface area contributed by atoms with Gasteiger partial charge in [0.1, 0.15) is 0 Å². The lowest BCUT2D eigenvalue weighted by molar-refractivity contribution is 0.0815. The minimum absolute atomic E-state index is 0.0766. The van der Waals surface area contributed by atoms with Crippen LogP contribution in [0, 0.1) is 11.8 Å². The first-order valence-corrected chi connectivity index (χ1v) is 5.48. The second-order valence-electron chi connectivity index (χ2n) is 4.64. The van der Waals surface area contributed by atoms with E-state index < -0.39 is 0 Å². The number of hydrogen-bond acceptors (Lipinski definition) is 2. The summed E-state index contributed by atoms with van der Waals surface area (Å²) < 4.78 is 11.7. The van der Waals surface area contributed by atoms with Crippen LogP contribution in [0.4, 0.5) is 0 Å². The SMILES string of the molecule is C=CCB1O[C@H](C(C)C)[C@@H](C(C)C)O1. The Balaban J connectivity index is 2.60. The topological polar surface area (TPSA) is 18.5 Å². The molecule has 14 heavy (non-hydrogen) atoms. The van der Waals surface area contributed by atoms with Gasteiger partial charge in [0.25, 0.3) is 0 Å². The van der Waals surface area contributed by atoms with E-state index in [2.05, 4.69) is 34.3 Å². The van der Waals surface area contributed by atoms with Crippen molar-refractivity contribution >= 4 is 7.12 Å². The molecular formula is C11H21BO2. The number of allylic oxidation sites excluding steroid dienone is 1. The van der Waals surface area contributed by atoms with E-state index in [0.29, 0.717) is 11.8 Å². The second kappa shape index (κ2) is 4.99. The zero-order valence-electron chi connectivity index (χ0n) is 9.69. The van der Waals surface area contributed by atoms with Gasteiger partial charge in [0, 0.05) is 6.32 Å². The summed E-state index contributed by atoms with van der Waals surface area (Å²) in [6.07, 6.45) is 3.11. The number of rotatable bonds is 4. The summed E-state index contributed by atoms with van der Waals surface area (Å²) in [5, 5.41) is 0. The zero-order chi connectivity index (χ0) is 10.7. The fraction of sp³-hybridized carbons (Fsp3) is 0.818. The third-order valence-electron chi connectivity index (χ3n) is 2.61. The maximum atomic E-state index is 5.84. The van der Waals surface area contributed by atoms with Crippen LogP contribution in [0.1, 0.15) is 27.7 Å². The highest BCUT2D eigenvalue weighted by atomic mass is 16.7. The molecule has 0 aromatic rings. The first kappa shape index (κ1) is 11.8. The van der Waals surface area contributed by atoms with Crippen LogP contribution < -0.4 is 0 Å². The molecule has 2 nitrogen and oxygen atoms in total. The van der Waals surface area contributed by atoms with Crippen molar-refractivity contribution in [3.63, 3.8) is 0 Å². The normalized spacial score (nSPS) is 27.7. The van der Waals surface area contributed by atoms with Crippen LogP contribution >= 0.6 is 0 Å². The molecule has 1 aliphatic heterocycles. The highest BCUT2D eigenvalue weighted by Crippen LogP contribution is 2.29. The Morgan fingerprint density at radius 2 is 1.57 bits per heavy atom. The summed E-state index contributed by atoms with van der Waals surface area (Å²) in [5.41, 5.74) is 0. The maximum absolute atomic E-state index is 5.84. The summed E-state index contributed by atoms with van der Waals surface area (Å²) in [5.74, 6) is 1.02. The molecule has 0 radical (unpaired) electrons. The minimum atomic E-state index is -0.0766. The van der Waals surface area contributed by atoms with Crippen molar-refractivity contribution in [1.82, 2.24) is 0 Å². The van der Waals surface area contributed by atoms with Crippen LogP contribution in [0.15, 0.2) is 12.7 Å². The maximum Gasteiger partial charge on any atom is 0.461 e. The van der Waals surface area contributed by atoms with Crippen molar-refractivity contribution in [3.8, 4) is 0 Å². The quantitative estimate of drug-likeness (QED) is 0.508. The summed E-state index contributed by atoms with van der Waals surface area (Å²) in [7, 11) is -0.0766. The van der Waals surface area contributed by atoms with Crippen LogP contribution in [0.25, 0.3) is 0 Å². The lowest BCUT2D eigenvalue weighted by Crippen LogP contribution is -2.31. The molecule has 1 rings (SSSR count). The molecule has 80 valence electrons. The molecule has 1 heterocycles. The zero-order valence-corrected chi connectivity index (χ0v) is 9.69. The molecule has 0 aromatic heterocycles. The van der Waals surface area contributed by atoms with Crippen molar-refractivity contribution in [2.75, 3.05) is 0 Å². The summed E-state index contributed by atoms with van der Waals surface area (Å²) in [6.45, 7) is 12.4. The highest BCUT2D eigenvalue weighted by Gasteiger charge is 2.41. The molecular weight excluding hydrogens is 175 g/mol. The second-order valence-corrected chi connectivity index (χ2v) is 4.64. The van der Waals surface area contributed by atoms with Gasteiger partial charge in [-0.25, -0.2) is 0 Å². The average Bonchev–Trinajstić information content (AvgIpc) is 2.49. The van der Waals surface area contributed by atoms with E-state index in [-0.39, 0.29) is 19.3 Å². The molecule has 1 fully saturated rings. The minimum Gasteiger partial charge on any atom is -0.405 e. The van der Waals surface area contributed by atoms with Gasteiger partial charge < -0.3 is 9.31 Å². The van der Waals surface area contributed by atoms with E-state index in [4.69, 9.17) is 9.31 Å². The molecule has 0 amide bonds. The van der Waals surface area contributed by atoms with Crippen molar-refractivity contribution in [2.45, 2.75) is 46.2 Å². The van der Waals surface area contributed by atoms with Crippen molar-refractivity contribution < 1.29 is 9.31 Å². The highest BCUT2D eigenvalue weighted by molar-refractivity contribution is 6.45. The van der Waals surface area contributed by atoms with E-state index in [1.165, 1.54) is 0 Å². The monoisotopic (exact) mass is 196 g/mol. The van der Waals surface area contributed by atoms with E-state index >= 15 is 0 Å². The molecule has 0 aliphatic carbocycles. The van der Waals surface area contributed by atoms with Gasteiger partial charge in [-0.1, -0.05) is 33.8 Å². The average molecular weight is 196 g/mol. The lowest BCUT2D eigenvalue weighted by Gasteiger charge is -2.24. The fourth-order valence-electron chi connectivity index (χ4n) is 1.86. The molecule has 0 unspecified atom stereocenters. The van der Waals surface area contributed by atoms with Crippen LogP contribution in [-0.2, 0) is 9.31 Å². The van der Waals surface area contributed by atoms with Crippen LogP contribution in [0.2, 0.25) is 6.32 Å². The largest absolute Gasteiger partial charge is 0.461 e. The Hall–Kier alpha value is -0.275.